The van der Waals surface area contributed by atoms with E-state index in [9.17, 15) is 0 Å². The van der Waals surface area contributed by atoms with Gasteiger partial charge in [0, 0.05) is 18.7 Å². The maximum absolute atomic E-state index is 8.96. The molecule has 1 atom stereocenters. The van der Waals surface area contributed by atoms with Gasteiger partial charge in [0.1, 0.15) is 6.54 Å². The van der Waals surface area contributed by atoms with Crippen LogP contribution in [0.5, 0.6) is 0 Å². The number of aromatic nitrogens is 6. The van der Waals surface area contributed by atoms with Gasteiger partial charge in [-0.1, -0.05) is 5.21 Å². The average molecular weight is 321 g/mol. The summed E-state index contributed by atoms with van der Waals surface area (Å²) in [4.78, 5) is 4.70. The van der Waals surface area contributed by atoms with Gasteiger partial charge in [0.15, 0.2) is 11.6 Å². The van der Waals surface area contributed by atoms with E-state index < -0.39 is 0 Å². The summed E-state index contributed by atoms with van der Waals surface area (Å²) < 4.78 is 8.96. The summed E-state index contributed by atoms with van der Waals surface area (Å²) in [6, 6.07) is 9.40. The van der Waals surface area contributed by atoms with Crippen LogP contribution in [0.25, 0.3) is 5.69 Å². The number of nitrogens with zero attached hydrogens (tertiary/aromatic N) is 7. The summed E-state index contributed by atoms with van der Waals surface area (Å²) >= 11 is 0. The third kappa shape index (κ3) is 2.77. The second kappa shape index (κ2) is 6.22. The molecule has 1 aliphatic heterocycles. The van der Waals surface area contributed by atoms with E-state index in [0.29, 0.717) is 18.7 Å². The Balaban J connectivity index is 1.73. The van der Waals surface area contributed by atoms with Crippen molar-refractivity contribution in [3.63, 3.8) is 0 Å². The first-order chi connectivity index (χ1) is 11.8. The molecule has 0 spiro atoms. The lowest BCUT2D eigenvalue weighted by Crippen LogP contribution is -2.09. The van der Waals surface area contributed by atoms with E-state index >= 15 is 0 Å². The zero-order chi connectivity index (χ0) is 16.4. The van der Waals surface area contributed by atoms with Crippen molar-refractivity contribution >= 4 is 0 Å². The van der Waals surface area contributed by atoms with Gasteiger partial charge in [0.2, 0.25) is 0 Å². The molecule has 4 rings (SSSR count). The third-order valence-corrected chi connectivity index (χ3v) is 4.00. The second-order valence-electron chi connectivity index (χ2n) is 5.62. The van der Waals surface area contributed by atoms with Crippen molar-refractivity contribution in [3.8, 4) is 11.8 Å². The molecule has 0 saturated carbocycles. The quantitative estimate of drug-likeness (QED) is 0.718. The highest BCUT2D eigenvalue weighted by atomic mass is 16.5. The lowest BCUT2D eigenvalue weighted by molar-refractivity contribution is 0.193. The van der Waals surface area contributed by atoms with E-state index in [0.717, 1.165) is 30.4 Å². The maximum atomic E-state index is 8.96. The van der Waals surface area contributed by atoms with E-state index in [-0.39, 0.29) is 5.92 Å². The number of rotatable bonds is 4. The minimum Gasteiger partial charge on any atom is -0.381 e. The number of benzene rings is 1. The van der Waals surface area contributed by atoms with Crippen LogP contribution in [-0.2, 0) is 11.3 Å². The summed E-state index contributed by atoms with van der Waals surface area (Å²) in [5, 5.41) is 21.5. The molecule has 3 heterocycles. The van der Waals surface area contributed by atoms with Crippen LogP contribution < -0.4 is 0 Å². The molecule has 8 heteroatoms. The summed E-state index contributed by atoms with van der Waals surface area (Å²) in [6.45, 7) is 1.87. The van der Waals surface area contributed by atoms with E-state index in [4.69, 9.17) is 15.0 Å². The smallest absolute Gasteiger partial charge is 0.156 e. The van der Waals surface area contributed by atoms with Crippen LogP contribution in [0.15, 0.2) is 36.7 Å². The molecule has 1 aliphatic rings. The minimum absolute atomic E-state index is 0.221. The number of nitriles is 1. The predicted molar refractivity (Wildman–Crippen MR) is 83.4 cm³/mol. The minimum atomic E-state index is 0.221. The molecule has 8 nitrogen and oxygen atoms in total. The number of hydrogen-bond acceptors (Lipinski definition) is 6. The largest absolute Gasteiger partial charge is 0.381 e. The van der Waals surface area contributed by atoms with Gasteiger partial charge in [-0.3, -0.25) is 0 Å². The molecule has 0 amide bonds. The van der Waals surface area contributed by atoms with Gasteiger partial charge in [-0.25, -0.2) is 14.3 Å². The van der Waals surface area contributed by atoms with Gasteiger partial charge in [0.05, 0.1) is 30.1 Å². The normalized spacial score (nSPS) is 17.0. The molecule has 3 aromatic rings. The number of hydrogen-bond donors (Lipinski definition) is 0. The Hall–Kier alpha value is -3.05. The zero-order valence-electron chi connectivity index (χ0n) is 12.9. The Labute approximate surface area is 138 Å². The summed E-state index contributed by atoms with van der Waals surface area (Å²) in [6.07, 6.45) is 4.35. The van der Waals surface area contributed by atoms with Crippen molar-refractivity contribution < 1.29 is 4.74 Å². The lowest BCUT2D eigenvalue weighted by Gasteiger charge is -2.05. The van der Waals surface area contributed by atoms with Gasteiger partial charge in [-0.05, 0) is 30.7 Å². The Morgan fingerprint density at radius 2 is 2.17 bits per heavy atom. The molecule has 0 unspecified atom stereocenters. The standard InChI is InChI=1S/C16H15N7O/c17-9-12-1-3-14(4-2-12)23-15(10-22-7-6-18-21-22)19-16(20-23)13-5-8-24-11-13/h1-4,6-7,13H,5,8,10-11H2/t13-/m0/s1. The van der Waals surface area contributed by atoms with Gasteiger partial charge >= 0.3 is 0 Å². The van der Waals surface area contributed by atoms with E-state index in [2.05, 4.69) is 21.5 Å². The van der Waals surface area contributed by atoms with Crippen LogP contribution in [0, 0.1) is 11.3 Å². The van der Waals surface area contributed by atoms with Crippen LogP contribution in [0.2, 0.25) is 0 Å². The topological polar surface area (TPSA) is 94.4 Å². The molecule has 2 aromatic heterocycles. The molecule has 1 saturated heterocycles. The Morgan fingerprint density at radius 3 is 2.83 bits per heavy atom. The molecule has 0 bridgehead atoms. The zero-order valence-corrected chi connectivity index (χ0v) is 12.9. The third-order valence-electron chi connectivity index (χ3n) is 4.00. The Kier molecular flexibility index (Phi) is 3.76. The van der Waals surface area contributed by atoms with Crippen LogP contribution in [-0.4, -0.2) is 43.0 Å². The number of ether oxygens (including phenoxy) is 1. The van der Waals surface area contributed by atoms with Crippen LogP contribution in [0.4, 0.5) is 0 Å². The average Bonchev–Trinajstić information content (AvgIpc) is 3.37. The molecular formula is C16H15N7O. The van der Waals surface area contributed by atoms with E-state index in [1.165, 1.54) is 0 Å². The van der Waals surface area contributed by atoms with Gasteiger partial charge in [-0.2, -0.15) is 10.4 Å². The maximum Gasteiger partial charge on any atom is 0.156 e. The summed E-state index contributed by atoms with van der Waals surface area (Å²) in [5.41, 5.74) is 1.47. The highest BCUT2D eigenvalue weighted by Crippen LogP contribution is 2.24. The van der Waals surface area contributed by atoms with Gasteiger partial charge in [0.25, 0.3) is 0 Å². The van der Waals surface area contributed by atoms with Crippen molar-refractivity contribution in [1.29, 1.82) is 5.26 Å². The molecule has 24 heavy (non-hydrogen) atoms. The first kappa shape index (κ1) is 14.5. The van der Waals surface area contributed by atoms with Crippen LogP contribution >= 0.6 is 0 Å². The molecule has 0 N–H and O–H groups in total. The van der Waals surface area contributed by atoms with Gasteiger partial charge in [-0.15, -0.1) is 5.10 Å². The highest BCUT2D eigenvalue weighted by molar-refractivity contribution is 5.39. The molecule has 1 aromatic carbocycles. The Morgan fingerprint density at radius 1 is 1.29 bits per heavy atom. The first-order valence-corrected chi connectivity index (χ1v) is 7.72. The first-order valence-electron chi connectivity index (χ1n) is 7.72. The van der Waals surface area contributed by atoms with Crippen molar-refractivity contribution in [3.05, 3.63) is 53.9 Å². The fourth-order valence-corrected chi connectivity index (χ4v) is 2.72. The van der Waals surface area contributed by atoms with Crippen molar-refractivity contribution in [1.82, 2.24) is 29.8 Å². The van der Waals surface area contributed by atoms with Crippen molar-refractivity contribution in [2.24, 2.45) is 0 Å². The fraction of sp³-hybridized carbons (Fsp3) is 0.312. The Bertz CT molecular complexity index is 855. The molecule has 1 fully saturated rings. The van der Waals surface area contributed by atoms with Crippen molar-refractivity contribution in [2.45, 2.75) is 18.9 Å². The summed E-state index contributed by atoms with van der Waals surface area (Å²) in [5.74, 6) is 1.78. The second-order valence-corrected chi connectivity index (χ2v) is 5.62. The lowest BCUT2D eigenvalue weighted by atomic mass is 10.1. The molecule has 0 aliphatic carbocycles. The van der Waals surface area contributed by atoms with E-state index in [1.54, 1.807) is 33.9 Å². The van der Waals surface area contributed by atoms with Crippen LogP contribution in [0.1, 0.15) is 29.6 Å². The monoisotopic (exact) mass is 321 g/mol. The molecular weight excluding hydrogens is 306 g/mol. The van der Waals surface area contributed by atoms with Gasteiger partial charge < -0.3 is 4.74 Å². The summed E-state index contributed by atoms with van der Waals surface area (Å²) in [7, 11) is 0. The van der Waals surface area contributed by atoms with E-state index in [1.807, 2.05) is 12.1 Å². The van der Waals surface area contributed by atoms with Crippen LogP contribution in [0.3, 0.4) is 0 Å². The molecule has 0 radical (unpaired) electrons. The molecule has 120 valence electrons. The fourth-order valence-electron chi connectivity index (χ4n) is 2.72. The highest BCUT2D eigenvalue weighted by Gasteiger charge is 2.24. The van der Waals surface area contributed by atoms with Crippen molar-refractivity contribution in [2.75, 3.05) is 13.2 Å². The predicted octanol–water partition coefficient (Wildman–Crippen LogP) is 1.28. The SMILES string of the molecule is N#Cc1ccc(-n2nc([C@H]3CCOC3)nc2Cn2ccnn2)cc1.